The second-order valence-corrected chi connectivity index (χ2v) is 3.05. The van der Waals surface area contributed by atoms with E-state index >= 15 is 0 Å². The van der Waals surface area contributed by atoms with Crippen LogP contribution in [0.3, 0.4) is 0 Å². The van der Waals surface area contributed by atoms with Crippen LogP contribution in [0.1, 0.15) is 15.9 Å². The monoisotopic (exact) mass is 203 g/mol. The van der Waals surface area contributed by atoms with E-state index in [0.29, 0.717) is 11.4 Å². The van der Waals surface area contributed by atoms with E-state index in [1.165, 1.54) is 6.07 Å². The molecule has 5 heteroatoms. The lowest BCUT2D eigenvalue weighted by Gasteiger charge is -2.09. The van der Waals surface area contributed by atoms with Crippen LogP contribution in [0.4, 0.5) is 0 Å². The first-order valence-electron chi connectivity index (χ1n) is 4.33. The molecular weight excluding hydrogens is 196 g/mol. The Labute approximate surface area is 85.4 Å². The molecule has 0 spiro atoms. The van der Waals surface area contributed by atoms with Gasteiger partial charge >= 0.3 is 0 Å². The second kappa shape index (κ2) is 3.53. The molecule has 0 aromatic heterocycles. The Morgan fingerprint density at radius 1 is 1.40 bits per heavy atom. The van der Waals surface area contributed by atoms with Crippen LogP contribution in [-0.4, -0.2) is 24.3 Å². The van der Waals surface area contributed by atoms with Crippen LogP contribution >= 0.6 is 0 Å². The molecule has 0 unspecified atom stereocenters. The lowest BCUT2D eigenvalue weighted by atomic mass is 10.1. The average molecular weight is 203 g/mol. The summed E-state index contributed by atoms with van der Waals surface area (Å²) in [7, 11) is 0. The first-order valence-corrected chi connectivity index (χ1v) is 4.33. The van der Waals surface area contributed by atoms with Gasteiger partial charge in [0, 0.05) is 11.1 Å². The Balaban J connectivity index is 2.44. The molecule has 5 nitrogen and oxygen atoms in total. The number of carbonyl (C=O) groups excluding carboxylic acids is 2. The molecule has 2 rings (SSSR count). The number of amides is 1. The van der Waals surface area contributed by atoms with Gasteiger partial charge in [0.2, 0.25) is 5.91 Å². The Morgan fingerprint density at radius 2 is 2.13 bits per heavy atom. The number of nitrogens with one attached hydrogen (secondary N) is 1. The number of carboxylic acids is 1. The maximum atomic E-state index is 10.9. The predicted molar refractivity (Wildman–Crippen MR) is 50.3 cm³/mol. The lowest BCUT2D eigenvalue weighted by molar-refractivity contribution is -0.255. The Hall–Kier alpha value is -2.17. The van der Waals surface area contributed by atoms with E-state index in [1.807, 2.05) is 0 Å². The van der Waals surface area contributed by atoms with Gasteiger partial charge in [-0.25, -0.2) is 0 Å². The second-order valence-electron chi connectivity index (χ2n) is 3.05. The molecule has 0 fully saturated rings. The summed E-state index contributed by atoms with van der Waals surface area (Å²) in [5.74, 6) is -1.23. The number of hydrogen-bond acceptors (Lipinski definition) is 4. The average Bonchev–Trinajstić information content (AvgIpc) is 2.65. The molecule has 0 atom stereocenters. The van der Waals surface area contributed by atoms with Gasteiger partial charge in [0.15, 0.2) is 0 Å². The molecular formula is C10H7N2O3-. The summed E-state index contributed by atoms with van der Waals surface area (Å²) in [6.07, 6.45) is 0. The molecule has 0 aliphatic carbocycles. The highest BCUT2D eigenvalue weighted by atomic mass is 16.4. The van der Waals surface area contributed by atoms with E-state index in [1.54, 1.807) is 18.2 Å². The number of aliphatic imine (C=N–C) groups is 1. The van der Waals surface area contributed by atoms with Crippen LogP contribution in [0.25, 0.3) is 0 Å². The summed E-state index contributed by atoms with van der Waals surface area (Å²) < 4.78 is 0. The van der Waals surface area contributed by atoms with E-state index in [9.17, 15) is 14.7 Å². The van der Waals surface area contributed by atoms with E-state index in [0.717, 1.165) is 0 Å². The van der Waals surface area contributed by atoms with Gasteiger partial charge in [0.25, 0.3) is 0 Å². The molecule has 1 N–H and O–H groups in total. The summed E-state index contributed by atoms with van der Waals surface area (Å²) >= 11 is 0. The zero-order valence-electron chi connectivity index (χ0n) is 7.69. The van der Waals surface area contributed by atoms with Gasteiger partial charge in [0.1, 0.15) is 12.4 Å². The molecule has 15 heavy (non-hydrogen) atoms. The molecule has 1 amide bonds. The van der Waals surface area contributed by atoms with Gasteiger partial charge in [-0.15, -0.1) is 0 Å². The molecule has 1 heterocycles. The number of amidine groups is 1. The van der Waals surface area contributed by atoms with Crippen molar-refractivity contribution < 1.29 is 14.7 Å². The fourth-order valence-corrected chi connectivity index (χ4v) is 1.38. The third-order valence-corrected chi connectivity index (χ3v) is 2.04. The van der Waals surface area contributed by atoms with E-state index < -0.39 is 5.97 Å². The molecule has 0 radical (unpaired) electrons. The zero-order chi connectivity index (χ0) is 10.8. The van der Waals surface area contributed by atoms with Crippen molar-refractivity contribution in [3.05, 3.63) is 35.4 Å². The third kappa shape index (κ3) is 1.71. The number of benzene rings is 1. The van der Waals surface area contributed by atoms with E-state index in [4.69, 9.17) is 0 Å². The largest absolute Gasteiger partial charge is 0.545 e. The van der Waals surface area contributed by atoms with Gasteiger partial charge in [0.05, 0.1) is 5.97 Å². The fraction of sp³-hybridized carbons (Fsp3) is 0.100. The highest BCUT2D eigenvalue weighted by Gasteiger charge is 2.17. The topological polar surface area (TPSA) is 81.6 Å². The minimum Gasteiger partial charge on any atom is -0.545 e. The van der Waals surface area contributed by atoms with Crippen molar-refractivity contribution in [2.45, 2.75) is 0 Å². The quantitative estimate of drug-likeness (QED) is 0.664. The van der Waals surface area contributed by atoms with Crippen molar-refractivity contribution in [1.82, 2.24) is 5.32 Å². The van der Waals surface area contributed by atoms with Crippen LogP contribution < -0.4 is 10.4 Å². The van der Waals surface area contributed by atoms with Crippen molar-refractivity contribution in [3.63, 3.8) is 0 Å². The van der Waals surface area contributed by atoms with Crippen molar-refractivity contribution in [2.24, 2.45) is 4.99 Å². The predicted octanol–water partition coefficient (Wildman–Crippen LogP) is -1.07. The smallest absolute Gasteiger partial charge is 0.247 e. The maximum absolute atomic E-state index is 10.9. The summed E-state index contributed by atoms with van der Waals surface area (Å²) in [4.78, 5) is 25.6. The summed E-state index contributed by atoms with van der Waals surface area (Å²) in [6, 6.07) is 6.26. The number of nitrogens with zero attached hydrogens (tertiary/aromatic N) is 1. The van der Waals surface area contributed by atoms with Gasteiger partial charge < -0.3 is 15.2 Å². The normalized spacial score (nSPS) is 14.7. The zero-order valence-corrected chi connectivity index (χ0v) is 7.69. The summed E-state index contributed by atoms with van der Waals surface area (Å²) in [6.45, 7) is 0.0384. The van der Waals surface area contributed by atoms with E-state index in [-0.39, 0.29) is 18.0 Å². The highest BCUT2D eigenvalue weighted by molar-refractivity contribution is 6.15. The molecule has 76 valence electrons. The molecule has 1 aromatic rings. The first kappa shape index (κ1) is 9.39. The Morgan fingerprint density at radius 3 is 2.73 bits per heavy atom. The molecule has 0 saturated heterocycles. The number of carbonyl (C=O) groups is 2. The molecule has 1 aliphatic rings. The van der Waals surface area contributed by atoms with Crippen LogP contribution in [-0.2, 0) is 4.79 Å². The van der Waals surface area contributed by atoms with Gasteiger partial charge in [-0.05, 0) is 0 Å². The van der Waals surface area contributed by atoms with Crippen molar-refractivity contribution in [2.75, 3.05) is 6.54 Å². The number of hydrogen-bond donors (Lipinski definition) is 1. The number of aromatic carboxylic acids is 1. The number of carboxylic acid groups (broad SMARTS) is 1. The van der Waals surface area contributed by atoms with Crippen LogP contribution in [0.15, 0.2) is 29.3 Å². The van der Waals surface area contributed by atoms with Gasteiger partial charge in [-0.1, -0.05) is 24.3 Å². The number of rotatable bonds is 2. The molecule has 0 bridgehead atoms. The van der Waals surface area contributed by atoms with Crippen LogP contribution in [0.5, 0.6) is 0 Å². The minimum atomic E-state index is -1.28. The van der Waals surface area contributed by atoms with Crippen molar-refractivity contribution >= 4 is 17.7 Å². The minimum absolute atomic E-state index is 0.0263. The molecule has 1 aromatic carbocycles. The first-order chi connectivity index (χ1) is 7.18. The lowest BCUT2D eigenvalue weighted by Crippen LogP contribution is -2.30. The Kier molecular flexibility index (Phi) is 2.21. The summed E-state index contributed by atoms with van der Waals surface area (Å²) in [5, 5.41) is 13.3. The SMILES string of the molecule is O=C1CN=C(c2ccccc2C(=O)[O-])N1. The van der Waals surface area contributed by atoms with Crippen LogP contribution in [0.2, 0.25) is 0 Å². The van der Waals surface area contributed by atoms with Crippen LogP contribution in [0, 0.1) is 0 Å². The van der Waals surface area contributed by atoms with E-state index in [2.05, 4.69) is 10.3 Å². The molecule has 1 aliphatic heterocycles. The Bertz CT molecular complexity index is 465. The molecule has 0 saturated carbocycles. The van der Waals surface area contributed by atoms with Gasteiger partial charge in [-0.2, -0.15) is 0 Å². The maximum Gasteiger partial charge on any atom is 0.247 e. The highest BCUT2D eigenvalue weighted by Crippen LogP contribution is 2.10. The van der Waals surface area contributed by atoms with Gasteiger partial charge in [-0.3, -0.25) is 9.79 Å². The fourth-order valence-electron chi connectivity index (χ4n) is 1.38. The van der Waals surface area contributed by atoms with Crippen molar-refractivity contribution in [1.29, 1.82) is 0 Å². The third-order valence-electron chi connectivity index (χ3n) is 2.04. The summed E-state index contributed by atoms with van der Waals surface area (Å²) in [5.41, 5.74) is 0.404. The standard InChI is InChI=1S/C10H8N2O3/c13-8-5-11-9(12-8)6-3-1-2-4-7(6)10(14)15/h1-4H,5H2,(H,14,15)(H,11,12,13)/p-1. The van der Waals surface area contributed by atoms with Crippen molar-refractivity contribution in [3.8, 4) is 0 Å².